The maximum absolute atomic E-state index is 10.3. The van der Waals surface area contributed by atoms with Crippen molar-refractivity contribution in [2.45, 2.75) is 18.5 Å². The van der Waals surface area contributed by atoms with Crippen LogP contribution in [0.2, 0.25) is 0 Å². The Kier molecular flexibility index (Phi) is 7.77. The summed E-state index contributed by atoms with van der Waals surface area (Å²) in [5, 5.41) is 10.9. The number of rotatable bonds is 6. The van der Waals surface area contributed by atoms with Gasteiger partial charge in [-0.15, -0.1) is 0 Å². The summed E-state index contributed by atoms with van der Waals surface area (Å²) in [6.45, 7) is 1.11. The van der Waals surface area contributed by atoms with Crippen LogP contribution in [-0.2, 0) is 18.9 Å². The van der Waals surface area contributed by atoms with E-state index in [-0.39, 0.29) is 14.4 Å². The number of nitrogens with one attached hydrogen (secondary N) is 1. The Morgan fingerprint density at radius 1 is 1.73 bits per heavy atom. The molecule has 0 aromatic heterocycles. The molecule has 1 unspecified atom stereocenters. The van der Waals surface area contributed by atoms with E-state index in [1.54, 1.807) is 7.11 Å². The molecule has 0 aromatic rings. The fourth-order valence-electron chi connectivity index (χ4n) is 0.678. The van der Waals surface area contributed by atoms with E-state index in [1.807, 2.05) is 0 Å². The molecule has 0 spiro atoms. The Labute approximate surface area is 89.2 Å². The highest BCUT2D eigenvalue weighted by Gasteiger charge is 2.16. The third-order valence-corrected chi connectivity index (χ3v) is 2.29. The Balaban J connectivity index is 0.000000401. The Morgan fingerprint density at radius 3 is 2.53 bits per heavy atom. The molecule has 6 nitrogen and oxygen atoms in total. The van der Waals surface area contributed by atoms with Gasteiger partial charge in [0.25, 0.3) is 0 Å². The molecule has 1 amide bonds. The second kappa shape index (κ2) is 8.32. The van der Waals surface area contributed by atoms with Gasteiger partial charge in [-0.1, -0.05) is 0 Å². The molecule has 1 rings (SSSR count). The van der Waals surface area contributed by atoms with Crippen molar-refractivity contribution in [2.24, 2.45) is 0 Å². The van der Waals surface area contributed by atoms with Crippen LogP contribution in [0.4, 0.5) is 0 Å². The predicted octanol–water partition coefficient (Wildman–Crippen LogP) is 0.274. The molecular formula is C8H14NO5P. The Morgan fingerprint density at radius 2 is 2.27 bits per heavy atom. The molecule has 0 bridgehead atoms. The average Bonchev–Trinajstić information content (AvgIpc) is 2.96. The molecule has 1 atom stereocenters. The number of ether oxygens (including phenoxy) is 1. The molecule has 2 N–H and O–H groups in total. The average molecular weight is 235 g/mol. The maximum Gasteiger partial charge on any atom is 0.318 e. The minimum absolute atomic E-state index is 0.167. The predicted molar refractivity (Wildman–Crippen MR) is 53.2 cm³/mol. The van der Waals surface area contributed by atoms with E-state index in [1.165, 1.54) is 0 Å². The van der Waals surface area contributed by atoms with Gasteiger partial charge >= 0.3 is 5.97 Å². The fraction of sp³-hybridized carbons (Fsp3) is 0.750. The van der Waals surface area contributed by atoms with Crippen molar-refractivity contribution in [3.8, 4) is 0 Å². The summed E-state index contributed by atoms with van der Waals surface area (Å²) < 4.78 is 14.9. The highest BCUT2D eigenvalue weighted by Crippen LogP contribution is 2.12. The van der Waals surface area contributed by atoms with Gasteiger partial charge in [0.2, 0.25) is 5.91 Å². The van der Waals surface area contributed by atoms with Crippen molar-refractivity contribution in [1.82, 2.24) is 5.32 Å². The third kappa shape index (κ3) is 9.31. The number of carboxylic acid groups (broad SMARTS) is 1. The first-order chi connectivity index (χ1) is 7.11. The number of methoxy groups -OCH3 is 1. The topological polar surface area (TPSA) is 103 Å². The molecule has 1 fully saturated rings. The number of hydrogen-bond acceptors (Lipinski definition) is 4. The zero-order valence-electron chi connectivity index (χ0n) is 8.43. The number of hydrogen-bond donors (Lipinski definition) is 2. The highest BCUT2D eigenvalue weighted by molar-refractivity contribution is 7.26. The summed E-state index contributed by atoms with van der Waals surface area (Å²) in [5.74, 6) is -0.849. The van der Waals surface area contributed by atoms with Gasteiger partial charge in [0.05, 0.1) is 6.54 Å². The van der Waals surface area contributed by atoms with Crippen molar-refractivity contribution in [3.63, 3.8) is 0 Å². The van der Waals surface area contributed by atoms with Crippen LogP contribution in [0.5, 0.6) is 0 Å². The molecule has 1 saturated heterocycles. The van der Waals surface area contributed by atoms with E-state index in [0.29, 0.717) is 26.0 Å². The van der Waals surface area contributed by atoms with Gasteiger partial charge in [-0.25, -0.2) is 0 Å². The maximum atomic E-state index is 10.3. The summed E-state index contributed by atoms with van der Waals surface area (Å²) in [6, 6.07) is 0. The fourth-order valence-corrected chi connectivity index (χ4v) is 1.06. The molecule has 0 saturated carbocycles. The standard InChI is InChI=1S/C6H11O4P.C2H3NO/c1-10-4-2-3-5(11-9)6(7)8;4-2-1-3-2/h5H,2-4H2,1H3,(H,7,8);1H2,(H,3,4). The monoisotopic (exact) mass is 235 g/mol. The first-order valence-electron chi connectivity index (χ1n) is 4.42. The molecule has 0 radical (unpaired) electrons. The Bertz CT molecular complexity index is 227. The molecule has 0 aromatic carbocycles. The number of carbonyl (C=O) groups excluding carboxylic acids is 1. The van der Waals surface area contributed by atoms with Crippen molar-refractivity contribution < 1.29 is 24.0 Å². The van der Waals surface area contributed by atoms with Gasteiger partial charge in [-0.05, 0) is 12.8 Å². The lowest BCUT2D eigenvalue weighted by Crippen LogP contribution is -2.13. The van der Waals surface area contributed by atoms with Crippen molar-refractivity contribution >= 4 is 20.3 Å². The minimum Gasteiger partial charge on any atom is -0.480 e. The molecule has 15 heavy (non-hydrogen) atoms. The first-order valence-corrected chi connectivity index (χ1v) is 5.31. The van der Waals surface area contributed by atoms with Crippen molar-refractivity contribution in [2.75, 3.05) is 20.3 Å². The van der Waals surface area contributed by atoms with Gasteiger partial charge in [-0.2, -0.15) is 0 Å². The van der Waals surface area contributed by atoms with Crippen LogP contribution in [0.25, 0.3) is 0 Å². The lowest BCUT2D eigenvalue weighted by molar-refractivity contribution is -0.136. The lowest BCUT2D eigenvalue weighted by Gasteiger charge is -2.01. The minimum atomic E-state index is -1.02. The molecule has 0 aliphatic carbocycles. The summed E-state index contributed by atoms with van der Waals surface area (Å²) >= 11 is 0. The normalized spacial score (nSPS) is 14.9. The Hall–Kier alpha value is -1.00. The molecular weight excluding hydrogens is 221 g/mol. The van der Waals surface area contributed by atoms with Crippen LogP contribution in [0.3, 0.4) is 0 Å². The molecule has 1 aliphatic rings. The van der Waals surface area contributed by atoms with Gasteiger partial charge < -0.3 is 15.2 Å². The summed E-state index contributed by atoms with van der Waals surface area (Å²) in [6.07, 6.45) is 1.02. The number of aliphatic carboxylic acids is 1. The SMILES string of the molecule is COCCCC(P=O)C(=O)O.O=C1CN1. The van der Waals surface area contributed by atoms with Crippen molar-refractivity contribution in [1.29, 1.82) is 0 Å². The second-order valence-electron chi connectivity index (χ2n) is 2.87. The summed E-state index contributed by atoms with van der Waals surface area (Å²) in [4.78, 5) is 19.7. The van der Waals surface area contributed by atoms with E-state index >= 15 is 0 Å². The smallest absolute Gasteiger partial charge is 0.318 e. The lowest BCUT2D eigenvalue weighted by atomic mass is 10.2. The zero-order valence-corrected chi connectivity index (χ0v) is 9.33. The summed E-state index contributed by atoms with van der Waals surface area (Å²) in [7, 11) is 1.23. The summed E-state index contributed by atoms with van der Waals surface area (Å²) in [5.41, 5.74) is -0.773. The van der Waals surface area contributed by atoms with Gasteiger partial charge in [-0.3, -0.25) is 14.2 Å². The second-order valence-corrected chi connectivity index (χ2v) is 3.71. The van der Waals surface area contributed by atoms with Crippen molar-refractivity contribution in [3.05, 3.63) is 0 Å². The molecule has 7 heteroatoms. The van der Waals surface area contributed by atoms with Crippen LogP contribution < -0.4 is 5.32 Å². The van der Waals surface area contributed by atoms with Gasteiger partial charge in [0.15, 0.2) is 8.46 Å². The molecule has 86 valence electrons. The van der Waals surface area contributed by atoms with E-state index in [0.717, 1.165) is 0 Å². The molecule has 1 aliphatic heterocycles. The quantitative estimate of drug-likeness (QED) is 0.391. The van der Waals surface area contributed by atoms with Gasteiger partial charge in [0, 0.05) is 13.7 Å². The van der Waals surface area contributed by atoms with E-state index in [4.69, 9.17) is 9.84 Å². The highest BCUT2D eigenvalue weighted by atomic mass is 31.1. The van der Waals surface area contributed by atoms with Gasteiger partial charge in [0.1, 0.15) is 5.66 Å². The van der Waals surface area contributed by atoms with E-state index < -0.39 is 11.6 Å². The van der Waals surface area contributed by atoms with Crippen LogP contribution in [0, 0.1) is 0 Å². The largest absolute Gasteiger partial charge is 0.480 e. The number of carboxylic acids is 1. The van der Waals surface area contributed by atoms with Crippen LogP contribution in [0.1, 0.15) is 12.8 Å². The number of carbonyl (C=O) groups is 2. The van der Waals surface area contributed by atoms with E-state index in [9.17, 15) is 14.2 Å². The zero-order chi connectivity index (χ0) is 11.7. The van der Waals surface area contributed by atoms with Crippen LogP contribution >= 0.6 is 8.46 Å². The van der Waals surface area contributed by atoms with Crippen LogP contribution in [0.15, 0.2) is 0 Å². The van der Waals surface area contributed by atoms with Crippen LogP contribution in [-0.4, -0.2) is 42.9 Å². The first kappa shape index (κ1) is 14.0. The van der Waals surface area contributed by atoms with E-state index in [2.05, 4.69) is 5.32 Å². The third-order valence-electron chi connectivity index (χ3n) is 1.56. The number of amides is 1. The molecule has 1 heterocycles.